The summed E-state index contributed by atoms with van der Waals surface area (Å²) >= 11 is 0. The highest BCUT2D eigenvalue weighted by Crippen LogP contribution is 2.31. The largest absolute Gasteiger partial charge is 0.332 e. The first-order valence-electron chi connectivity index (χ1n) is 11.1. The van der Waals surface area contributed by atoms with Crippen LogP contribution in [0, 0.1) is 13.8 Å². The molecule has 1 heterocycles. The Morgan fingerprint density at radius 2 is 1.42 bits per heavy atom. The number of amides is 1. The van der Waals surface area contributed by atoms with Crippen molar-refractivity contribution in [3.05, 3.63) is 83.3 Å². The van der Waals surface area contributed by atoms with Crippen LogP contribution in [-0.4, -0.2) is 27.8 Å². The molecule has 0 saturated heterocycles. The quantitative estimate of drug-likeness (QED) is 0.466. The first-order chi connectivity index (χ1) is 14.8. The van der Waals surface area contributed by atoms with E-state index >= 15 is 0 Å². The fourth-order valence-corrected chi connectivity index (χ4v) is 3.14. The van der Waals surface area contributed by atoms with Crippen molar-refractivity contribution in [1.29, 1.82) is 0 Å². The van der Waals surface area contributed by atoms with Crippen LogP contribution in [0.2, 0.25) is 0 Å². The van der Waals surface area contributed by atoms with Crippen LogP contribution in [-0.2, 0) is 5.54 Å². The van der Waals surface area contributed by atoms with Crippen LogP contribution < -0.4 is 0 Å². The molecule has 1 aromatic heterocycles. The summed E-state index contributed by atoms with van der Waals surface area (Å²) in [5.74, 6) is 0.553. The fourth-order valence-electron chi connectivity index (χ4n) is 3.14. The van der Waals surface area contributed by atoms with E-state index in [9.17, 15) is 4.79 Å². The topological polar surface area (TPSA) is 46.1 Å². The Labute approximate surface area is 188 Å². The number of carbonyl (C=O) groups excluding carboxylic acids is 1. The van der Waals surface area contributed by atoms with Crippen LogP contribution in [0.5, 0.6) is 0 Å². The summed E-state index contributed by atoms with van der Waals surface area (Å²) in [5, 5.41) is 0. The fraction of sp³-hybridized carbons (Fsp3) is 0.370. The van der Waals surface area contributed by atoms with E-state index in [-0.39, 0.29) is 5.91 Å². The molecule has 31 heavy (non-hydrogen) atoms. The van der Waals surface area contributed by atoms with E-state index < -0.39 is 5.54 Å². The lowest BCUT2D eigenvalue weighted by Gasteiger charge is -2.36. The predicted octanol–water partition coefficient (Wildman–Crippen LogP) is 6.82. The van der Waals surface area contributed by atoms with Crippen LogP contribution in [0.25, 0.3) is 11.3 Å². The summed E-state index contributed by atoms with van der Waals surface area (Å²) in [6.07, 6.45) is 1.64. The molecule has 0 atom stereocenters. The van der Waals surface area contributed by atoms with Gasteiger partial charge < -0.3 is 4.90 Å². The van der Waals surface area contributed by atoms with Gasteiger partial charge in [-0.3, -0.25) is 4.79 Å². The first kappa shape index (κ1) is 26.0. The molecule has 2 aromatic carbocycles. The van der Waals surface area contributed by atoms with E-state index in [1.165, 1.54) is 0 Å². The van der Waals surface area contributed by atoms with E-state index in [1.807, 2.05) is 117 Å². The number of nitrogens with zero attached hydrogens (tertiary/aromatic N) is 3. The smallest absolute Gasteiger partial charge is 0.258 e. The van der Waals surface area contributed by atoms with Crippen LogP contribution in [0.15, 0.2) is 60.8 Å². The first-order valence-corrected chi connectivity index (χ1v) is 11.1. The number of benzene rings is 2. The SMILES string of the molecule is CC.CC.Cc1ncc(C(=O)N(C)C(C)(C)c2ccccc2)c(-c2ccccc2C)n1. The summed E-state index contributed by atoms with van der Waals surface area (Å²) in [6.45, 7) is 16.0. The standard InChI is InChI=1S/C23H25N3O.2C2H6/c1-16-11-9-10-14-19(16)21-20(15-24-17(2)25-21)22(27)26(5)23(3,4)18-12-7-6-8-13-18;2*1-2/h6-15H,1-5H3;2*1-2H3. The van der Waals surface area contributed by atoms with Crippen molar-refractivity contribution in [2.24, 2.45) is 0 Å². The van der Waals surface area contributed by atoms with Crippen molar-refractivity contribution in [1.82, 2.24) is 14.9 Å². The molecular weight excluding hydrogens is 382 g/mol. The van der Waals surface area contributed by atoms with Gasteiger partial charge in [0.15, 0.2) is 0 Å². The molecule has 0 spiro atoms. The van der Waals surface area contributed by atoms with E-state index in [2.05, 4.69) is 9.97 Å². The average Bonchev–Trinajstić information content (AvgIpc) is 2.81. The third kappa shape index (κ3) is 6.00. The Morgan fingerprint density at radius 1 is 0.871 bits per heavy atom. The van der Waals surface area contributed by atoms with Gasteiger partial charge in [-0.05, 0) is 38.8 Å². The van der Waals surface area contributed by atoms with E-state index in [0.717, 1.165) is 16.7 Å². The molecule has 3 aromatic rings. The monoisotopic (exact) mass is 419 g/mol. The van der Waals surface area contributed by atoms with Gasteiger partial charge in [0, 0.05) is 18.8 Å². The highest BCUT2D eigenvalue weighted by Gasteiger charge is 2.32. The van der Waals surface area contributed by atoms with Gasteiger partial charge in [-0.1, -0.05) is 82.3 Å². The van der Waals surface area contributed by atoms with Gasteiger partial charge >= 0.3 is 0 Å². The van der Waals surface area contributed by atoms with Gasteiger partial charge in [-0.25, -0.2) is 9.97 Å². The maximum Gasteiger partial charge on any atom is 0.258 e. The molecule has 0 aliphatic heterocycles. The van der Waals surface area contributed by atoms with Gasteiger partial charge in [0.2, 0.25) is 0 Å². The maximum atomic E-state index is 13.4. The Hall–Kier alpha value is -3.01. The normalized spacial score (nSPS) is 10.2. The molecular formula is C27H37N3O. The Bertz CT molecular complexity index is 965. The molecule has 166 valence electrons. The van der Waals surface area contributed by atoms with Gasteiger partial charge in [0.1, 0.15) is 5.82 Å². The molecule has 0 unspecified atom stereocenters. The molecule has 0 aliphatic carbocycles. The second-order valence-corrected chi connectivity index (χ2v) is 7.28. The molecule has 0 saturated carbocycles. The zero-order valence-corrected chi connectivity index (χ0v) is 20.5. The van der Waals surface area contributed by atoms with Gasteiger partial charge in [-0.2, -0.15) is 0 Å². The molecule has 4 nitrogen and oxygen atoms in total. The highest BCUT2D eigenvalue weighted by atomic mass is 16.2. The Balaban J connectivity index is 0.00000113. The summed E-state index contributed by atoms with van der Waals surface area (Å²) in [6, 6.07) is 18.0. The molecule has 3 rings (SSSR count). The van der Waals surface area contributed by atoms with Crippen molar-refractivity contribution >= 4 is 5.91 Å². The average molecular weight is 420 g/mol. The molecule has 0 radical (unpaired) electrons. The minimum Gasteiger partial charge on any atom is -0.332 e. The zero-order valence-electron chi connectivity index (χ0n) is 20.5. The zero-order chi connectivity index (χ0) is 23.6. The van der Waals surface area contributed by atoms with E-state index in [0.29, 0.717) is 17.1 Å². The molecule has 0 fully saturated rings. The summed E-state index contributed by atoms with van der Waals surface area (Å²) in [7, 11) is 1.83. The summed E-state index contributed by atoms with van der Waals surface area (Å²) < 4.78 is 0. The number of aryl methyl sites for hydroxylation is 2. The third-order valence-corrected chi connectivity index (χ3v) is 5.16. The van der Waals surface area contributed by atoms with Gasteiger partial charge in [0.25, 0.3) is 5.91 Å². The number of aromatic nitrogens is 2. The van der Waals surface area contributed by atoms with Crippen LogP contribution in [0.3, 0.4) is 0 Å². The van der Waals surface area contributed by atoms with E-state index in [1.54, 1.807) is 11.1 Å². The second-order valence-electron chi connectivity index (χ2n) is 7.28. The van der Waals surface area contributed by atoms with Crippen molar-refractivity contribution in [2.75, 3.05) is 7.05 Å². The van der Waals surface area contributed by atoms with Crippen LogP contribution in [0.1, 0.15) is 68.9 Å². The number of carbonyl (C=O) groups is 1. The number of rotatable bonds is 4. The minimum absolute atomic E-state index is 0.0953. The van der Waals surface area contributed by atoms with E-state index in [4.69, 9.17) is 0 Å². The van der Waals surface area contributed by atoms with Crippen LogP contribution >= 0.6 is 0 Å². The molecule has 0 N–H and O–H groups in total. The van der Waals surface area contributed by atoms with Crippen LogP contribution in [0.4, 0.5) is 0 Å². The molecule has 0 bridgehead atoms. The molecule has 0 aliphatic rings. The second kappa shape index (κ2) is 12.0. The summed E-state index contributed by atoms with van der Waals surface area (Å²) in [4.78, 5) is 24.1. The number of hydrogen-bond donors (Lipinski definition) is 0. The molecule has 4 heteroatoms. The lowest BCUT2D eigenvalue weighted by molar-refractivity contribution is 0.0622. The lowest BCUT2D eigenvalue weighted by atomic mass is 9.91. The van der Waals surface area contributed by atoms with Crippen molar-refractivity contribution in [3.8, 4) is 11.3 Å². The van der Waals surface area contributed by atoms with Crippen molar-refractivity contribution in [3.63, 3.8) is 0 Å². The molecule has 1 amide bonds. The number of hydrogen-bond acceptors (Lipinski definition) is 3. The van der Waals surface area contributed by atoms with Gasteiger partial charge in [0.05, 0.1) is 16.8 Å². The third-order valence-electron chi connectivity index (χ3n) is 5.16. The van der Waals surface area contributed by atoms with Gasteiger partial charge in [-0.15, -0.1) is 0 Å². The predicted molar refractivity (Wildman–Crippen MR) is 131 cm³/mol. The Kier molecular flexibility index (Phi) is 10.1. The summed E-state index contributed by atoms with van der Waals surface area (Å²) in [5.41, 5.74) is 3.84. The lowest BCUT2D eigenvalue weighted by Crippen LogP contribution is -2.43. The maximum absolute atomic E-state index is 13.4. The minimum atomic E-state index is -0.466. The Morgan fingerprint density at radius 3 is 2.00 bits per heavy atom. The van der Waals surface area contributed by atoms with Crippen molar-refractivity contribution < 1.29 is 4.79 Å². The highest BCUT2D eigenvalue weighted by molar-refractivity contribution is 6.00. The van der Waals surface area contributed by atoms with Crippen molar-refractivity contribution in [2.45, 2.75) is 60.9 Å².